The zero-order chi connectivity index (χ0) is 21.7. The van der Waals surface area contributed by atoms with E-state index in [0.717, 1.165) is 46.2 Å². The maximum atomic E-state index is 9.70. The number of hydrogen-bond donors (Lipinski definition) is 1. The highest BCUT2D eigenvalue weighted by atomic mass is 32.2. The van der Waals surface area contributed by atoms with E-state index in [1.807, 2.05) is 36.4 Å². The lowest BCUT2D eigenvalue weighted by Crippen LogP contribution is -2.39. The summed E-state index contributed by atoms with van der Waals surface area (Å²) in [6, 6.07) is 15.9. The van der Waals surface area contributed by atoms with Gasteiger partial charge >= 0.3 is 0 Å². The van der Waals surface area contributed by atoms with Crippen molar-refractivity contribution in [3.8, 4) is 17.0 Å². The summed E-state index contributed by atoms with van der Waals surface area (Å²) in [6.07, 6.45) is 4.78. The lowest BCUT2D eigenvalue weighted by atomic mass is 10.2. The number of aliphatic hydroxyl groups is 1. The van der Waals surface area contributed by atoms with Crippen LogP contribution < -0.4 is 4.74 Å². The van der Waals surface area contributed by atoms with E-state index >= 15 is 0 Å². The van der Waals surface area contributed by atoms with Crippen LogP contribution in [0.1, 0.15) is 32.6 Å². The van der Waals surface area contributed by atoms with Crippen LogP contribution in [0, 0.1) is 0 Å². The van der Waals surface area contributed by atoms with Gasteiger partial charge in [-0.05, 0) is 36.8 Å². The molecule has 1 aromatic heterocycles. The number of aliphatic hydroxyl groups excluding tert-OH is 1. The summed E-state index contributed by atoms with van der Waals surface area (Å²) in [5, 5.41) is 9.70. The Morgan fingerprint density at radius 2 is 1.97 bits per heavy atom. The zero-order valence-electron chi connectivity index (χ0n) is 17.7. The highest BCUT2D eigenvalue weighted by molar-refractivity contribution is 7.99. The summed E-state index contributed by atoms with van der Waals surface area (Å²) in [4.78, 5) is 11.1. The Morgan fingerprint density at radius 3 is 2.68 bits per heavy atom. The molecule has 3 aromatic rings. The predicted molar refractivity (Wildman–Crippen MR) is 121 cm³/mol. The molecule has 0 amide bonds. The molecule has 0 aliphatic carbocycles. The molecule has 1 aliphatic heterocycles. The molecule has 31 heavy (non-hydrogen) atoms. The van der Waals surface area contributed by atoms with Crippen LogP contribution >= 0.6 is 11.8 Å². The first-order chi connectivity index (χ1) is 15.1. The molecular weight excluding hydrogens is 412 g/mol. The normalized spacial score (nSPS) is 18.0. The molecule has 0 spiro atoms. The predicted octanol–water partition coefficient (Wildman–Crippen LogP) is 5.35. The number of nitrogens with zero attached hydrogens (tertiary/aromatic N) is 2. The minimum atomic E-state index is -1.06. The highest BCUT2D eigenvalue weighted by Gasteiger charge is 2.37. The fourth-order valence-electron chi connectivity index (χ4n) is 3.30. The fraction of sp³-hybridized carbons (Fsp3) is 0.333. The van der Waals surface area contributed by atoms with Crippen LogP contribution in [0.3, 0.4) is 0 Å². The van der Waals surface area contributed by atoms with E-state index in [1.54, 1.807) is 24.9 Å². The van der Waals surface area contributed by atoms with Gasteiger partial charge in [-0.15, -0.1) is 0 Å². The van der Waals surface area contributed by atoms with Crippen molar-refractivity contribution in [1.29, 1.82) is 0 Å². The lowest BCUT2D eigenvalue weighted by molar-refractivity contribution is -0.00264. The number of hydrogen-bond acceptors (Lipinski definition) is 7. The summed E-state index contributed by atoms with van der Waals surface area (Å²) in [7, 11) is 0. The molecule has 2 heterocycles. The van der Waals surface area contributed by atoms with Crippen molar-refractivity contribution < 1.29 is 19.0 Å². The zero-order valence-corrected chi connectivity index (χ0v) is 18.5. The number of aromatic nitrogens is 1. The average molecular weight is 439 g/mol. The smallest absolute Gasteiger partial charge is 0.259 e. The molecule has 0 fully saturated rings. The minimum absolute atomic E-state index is 0.206. The fourth-order valence-corrected chi connectivity index (χ4v) is 4.26. The number of aryl methyl sites for hydroxylation is 1. The maximum absolute atomic E-state index is 9.70. The van der Waals surface area contributed by atoms with Crippen molar-refractivity contribution in [2.45, 2.75) is 48.6 Å². The molecule has 7 heteroatoms. The van der Waals surface area contributed by atoms with Crippen LogP contribution in [0.25, 0.3) is 11.3 Å². The Hall–Kier alpha value is -2.77. The molecule has 1 atom stereocenters. The van der Waals surface area contributed by atoms with Crippen molar-refractivity contribution in [2.75, 3.05) is 13.2 Å². The molecule has 0 saturated heterocycles. The van der Waals surface area contributed by atoms with Crippen LogP contribution in [0.5, 0.6) is 5.75 Å². The number of benzene rings is 2. The Morgan fingerprint density at radius 1 is 1.16 bits per heavy atom. The quantitative estimate of drug-likeness (QED) is 0.485. The summed E-state index contributed by atoms with van der Waals surface area (Å²) in [6.45, 7) is 3.87. The Balaban J connectivity index is 1.48. The third-order valence-corrected chi connectivity index (χ3v) is 6.02. The molecule has 6 nitrogen and oxygen atoms in total. The highest BCUT2D eigenvalue weighted by Crippen LogP contribution is 2.36. The van der Waals surface area contributed by atoms with E-state index in [4.69, 9.17) is 13.9 Å². The van der Waals surface area contributed by atoms with E-state index in [2.05, 4.69) is 29.0 Å². The van der Waals surface area contributed by atoms with E-state index in [9.17, 15) is 5.11 Å². The topological polar surface area (TPSA) is 77.1 Å². The minimum Gasteiger partial charge on any atom is -0.475 e. The molecule has 0 bridgehead atoms. The number of aliphatic imine (C=N–C) groups is 1. The third-order valence-electron chi connectivity index (χ3n) is 4.93. The molecule has 1 aliphatic rings. The van der Waals surface area contributed by atoms with Gasteiger partial charge in [-0.3, -0.25) is 0 Å². The summed E-state index contributed by atoms with van der Waals surface area (Å²) >= 11 is 1.65. The first-order valence-electron chi connectivity index (χ1n) is 10.4. The van der Waals surface area contributed by atoms with Crippen LogP contribution in [0.4, 0.5) is 0 Å². The van der Waals surface area contributed by atoms with Gasteiger partial charge in [0.1, 0.15) is 24.3 Å². The van der Waals surface area contributed by atoms with Crippen LogP contribution in [0.2, 0.25) is 0 Å². The molecule has 1 N–H and O–H groups in total. The van der Waals surface area contributed by atoms with Crippen molar-refractivity contribution in [3.05, 3.63) is 60.7 Å². The maximum Gasteiger partial charge on any atom is 0.259 e. The largest absolute Gasteiger partial charge is 0.475 e. The van der Waals surface area contributed by atoms with Gasteiger partial charge in [0.2, 0.25) is 0 Å². The average Bonchev–Trinajstić information content (AvgIpc) is 3.41. The summed E-state index contributed by atoms with van der Waals surface area (Å²) < 4.78 is 16.9. The Labute approximate surface area is 186 Å². The number of unbranched alkanes of at least 4 members (excludes halogenated alkanes) is 1. The van der Waals surface area contributed by atoms with Gasteiger partial charge in [-0.2, -0.15) is 0 Å². The second-order valence-electron chi connectivity index (χ2n) is 7.43. The molecule has 4 rings (SSSR count). The second-order valence-corrected chi connectivity index (χ2v) is 8.54. The number of rotatable bonds is 9. The summed E-state index contributed by atoms with van der Waals surface area (Å²) in [5.41, 5.74) is 0.841. The van der Waals surface area contributed by atoms with Crippen LogP contribution in [0.15, 0.2) is 74.0 Å². The Bertz CT molecular complexity index is 1050. The molecule has 1 unspecified atom stereocenters. The van der Waals surface area contributed by atoms with Gasteiger partial charge < -0.3 is 19.0 Å². The van der Waals surface area contributed by atoms with Gasteiger partial charge in [0.15, 0.2) is 18.4 Å². The molecular formula is C24H26N2O4S. The van der Waals surface area contributed by atoms with Crippen LogP contribution in [-0.4, -0.2) is 34.9 Å². The van der Waals surface area contributed by atoms with E-state index in [0.29, 0.717) is 11.6 Å². The molecule has 2 aromatic carbocycles. The van der Waals surface area contributed by atoms with Crippen molar-refractivity contribution in [3.63, 3.8) is 0 Å². The Kier molecular flexibility index (Phi) is 6.63. The SMILES string of the molecule is CCCCc1nc(-c2ccccc2Sc2ccc(OC3(CO)COC(C)=N3)cc2)co1. The van der Waals surface area contributed by atoms with Gasteiger partial charge in [0.25, 0.3) is 5.72 Å². The lowest BCUT2D eigenvalue weighted by Gasteiger charge is -2.23. The van der Waals surface area contributed by atoms with Gasteiger partial charge in [0.05, 0.1) is 0 Å². The first kappa shape index (κ1) is 21.5. The van der Waals surface area contributed by atoms with Crippen LogP contribution in [-0.2, 0) is 11.2 Å². The molecule has 0 saturated carbocycles. The van der Waals surface area contributed by atoms with Crippen molar-refractivity contribution in [2.24, 2.45) is 4.99 Å². The van der Waals surface area contributed by atoms with E-state index in [1.165, 1.54) is 0 Å². The molecule has 162 valence electrons. The van der Waals surface area contributed by atoms with E-state index in [-0.39, 0.29) is 13.2 Å². The molecule has 0 radical (unpaired) electrons. The summed E-state index contributed by atoms with van der Waals surface area (Å²) in [5.74, 6) is 1.93. The van der Waals surface area contributed by atoms with Gasteiger partial charge in [0, 0.05) is 28.7 Å². The first-order valence-corrected chi connectivity index (χ1v) is 11.2. The van der Waals surface area contributed by atoms with E-state index < -0.39 is 5.72 Å². The number of oxazole rings is 1. The van der Waals surface area contributed by atoms with Crippen molar-refractivity contribution in [1.82, 2.24) is 4.98 Å². The van der Waals surface area contributed by atoms with Crippen molar-refractivity contribution >= 4 is 17.7 Å². The van der Waals surface area contributed by atoms with Gasteiger partial charge in [-0.1, -0.05) is 43.3 Å². The monoisotopic (exact) mass is 438 g/mol. The number of ether oxygens (including phenoxy) is 2. The third kappa shape index (κ3) is 5.11. The standard InChI is InChI=1S/C24H26N2O4S/c1-3-4-9-23-25-21(14-28-23)20-7-5-6-8-22(20)31-19-12-10-18(11-13-19)30-24(15-27)16-29-17(2)26-24/h5-8,10-14,27H,3-4,9,15-16H2,1-2H3. The second kappa shape index (κ2) is 9.58. The van der Waals surface area contributed by atoms with Gasteiger partial charge in [-0.25, -0.2) is 9.98 Å².